The molecule has 11 aromatic heterocycles. The largest absolute Gasteiger partial charge is 0.456 e. The van der Waals surface area contributed by atoms with E-state index in [0.29, 0.717) is 34.2 Å². The van der Waals surface area contributed by atoms with Gasteiger partial charge in [-0.05, 0) is 192 Å². The second-order valence-electron chi connectivity index (χ2n) is 37.3. The topological polar surface area (TPSA) is 150 Å². The number of nitrogens with zero attached hydrogens (tertiary/aromatic N) is 10. The highest BCUT2D eigenvalue weighted by atomic mass is 16.3. The Morgan fingerprint density at radius 1 is 0.196 bits per heavy atom. The molecule has 670 valence electrons. The van der Waals surface area contributed by atoms with Crippen LogP contribution in [0.1, 0.15) is 25.0 Å². The molecule has 0 amide bonds. The molecule has 0 N–H and O–H groups in total. The molecule has 1 aliphatic carbocycles. The number of aromatic nitrogens is 10. The van der Waals surface area contributed by atoms with Crippen molar-refractivity contribution in [2.45, 2.75) is 19.3 Å². The van der Waals surface area contributed by atoms with Crippen LogP contribution in [0.15, 0.2) is 467 Å². The van der Waals surface area contributed by atoms with Crippen LogP contribution in [0.4, 0.5) is 0 Å². The van der Waals surface area contributed by atoms with Gasteiger partial charge in [0.2, 0.25) is 0 Å². The fraction of sp³-hybridized carbons (Fsp3) is 0.0233. The van der Waals surface area contributed by atoms with Crippen molar-refractivity contribution in [2.75, 3.05) is 0 Å². The highest BCUT2D eigenvalue weighted by Crippen LogP contribution is 2.55. The normalized spacial score (nSPS) is 12.5. The molecule has 19 aromatic carbocycles. The van der Waals surface area contributed by atoms with Crippen LogP contribution in [0.2, 0.25) is 0 Å². The SMILES string of the molecule is CC1(C)c2ccccc2-c2c1ccc1c2c2ccccc2n1-c1ccc(-c2nc(-c3ccccc3)c3oc4ccccc4c3n2)cc1.c1ccc(-c2nc(-c3ccc(-n4c5ccccc5c5c6c7ccccc7n(-c7ccccc7)c6ccc54)cc3)nc3c2oc2ccccc23)cc1.c1ccc(-c2nc(-c3cccc(-n4c5ccccc5c5c6c(ccc54)oc4ccccc46)c3)nc3c2oc2ccccc23)cc1. The molecule has 30 aromatic rings. The maximum atomic E-state index is 6.33. The van der Waals surface area contributed by atoms with Gasteiger partial charge in [0.15, 0.2) is 34.2 Å². The molecule has 0 saturated carbocycles. The first kappa shape index (κ1) is 81.0. The van der Waals surface area contributed by atoms with Crippen molar-refractivity contribution in [2.24, 2.45) is 0 Å². The third-order valence-corrected chi connectivity index (χ3v) is 29.0. The molecule has 0 saturated heterocycles. The van der Waals surface area contributed by atoms with Gasteiger partial charge in [0.05, 0.1) is 44.1 Å². The van der Waals surface area contributed by atoms with Crippen molar-refractivity contribution in [3.8, 4) is 102 Å². The van der Waals surface area contributed by atoms with Gasteiger partial charge in [-0.2, -0.15) is 0 Å². The zero-order chi connectivity index (χ0) is 94.2. The molecule has 143 heavy (non-hydrogen) atoms. The number of hydrogen-bond acceptors (Lipinski definition) is 10. The van der Waals surface area contributed by atoms with Crippen LogP contribution in [0.25, 0.3) is 277 Å². The van der Waals surface area contributed by atoms with Gasteiger partial charge in [-0.25, -0.2) is 29.9 Å². The molecule has 14 heteroatoms. The number of benzene rings is 19. The summed E-state index contributed by atoms with van der Waals surface area (Å²) in [6.45, 7) is 4.69. The lowest BCUT2D eigenvalue weighted by Crippen LogP contribution is -2.14. The van der Waals surface area contributed by atoms with Gasteiger partial charge in [0.1, 0.15) is 61.5 Å². The van der Waals surface area contributed by atoms with Gasteiger partial charge in [0.25, 0.3) is 0 Å². The van der Waals surface area contributed by atoms with E-state index in [1.54, 1.807) is 0 Å². The number of para-hydroxylation sites is 9. The van der Waals surface area contributed by atoms with E-state index in [2.05, 4.69) is 360 Å². The lowest BCUT2D eigenvalue weighted by molar-refractivity contribution is 0.661. The molecular weight excluding hydrogens is 1750 g/mol. The maximum absolute atomic E-state index is 6.33. The molecule has 0 fully saturated rings. The second-order valence-corrected chi connectivity index (χ2v) is 37.3. The number of rotatable bonds is 10. The van der Waals surface area contributed by atoms with Gasteiger partial charge in [0, 0.05) is 132 Å². The van der Waals surface area contributed by atoms with Gasteiger partial charge in [-0.15, -0.1) is 0 Å². The number of furan rings is 4. The zero-order valence-electron chi connectivity index (χ0n) is 77.3. The van der Waals surface area contributed by atoms with Crippen LogP contribution in [0.5, 0.6) is 0 Å². The summed E-state index contributed by atoms with van der Waals surface area (Å²) in [5, 5.41) is 15.2. The summed E-state index contributed by atoms with van der Waals surface area (Å²) >= 11 is 0. The summed E-state index contributed by atoms with van der Waals surface area (Å²) in [4.78, 5) is 30.6. The van der Waals surface area contributed by atoms with Crippen LogP contribution in [-0.4, -0.2) is 48.2 Å². The highest BCUT2D eigenvalue weighted by Gasteiger charge is 2.38. The lowest BCUT2D eigenvalue weighted by Gasteiger charge is -2.21. The van der Waals surface area contributed by atoms with E-state index in [4.69, 9.17) is 47.6 Å². The summed E-state index contributed by atoms with van der Waals surface area (Å²) < 4.78 is 34.7. The molecule has 1 aliphatic rings. The van der Waals surface area contributed by atoms with Gasteiger partial charge in [-0.3, -0.25) is 0 Å². The van der Waals surface area contributed by atoms with Crippen LogP contribution >= 0.6 is 0 Å². The van der Waals surface area contributed by atoms with Crippen LogP contribution < -0.4 is 0 Å². The standard InChI is InChI=1S/C46H28N4O.C43H29N3O.C40H23N3O2/c1-3-13-29(14-4-1)43-45-44(35-19-9-12-22-40(35)51-45)48-46(47-43)30-23-25-32(26-24-30)50-37-21-11-8-18-34(37)42-39(50)28-27-38-41(42)33-17-7-10-20-36(33)49(38)31-15-5-2-6-16-31;1-43(2)32-17-9-6-14-29(32)37-33(43)24-25-35-38(37)30-15-7-10-18-34(30)46(35)28-22-20-27(21-23-28)42-44-39(26-12-4-3-5-13-26)41-40(45-42)31-16-8-11-19-36(31)47-41;1-2-11-24(12-3-1)37-39-38(29-17-6-9-20-33(29)45-39)42-40(41-37)25-13-10-14-26(23-25)43-30-18-7-4-15-27(30)35-31(43)21-22-34-36(35)28-16-5-8-19-32(28)44-34/h1-28H;3-25H,1-2H3;1-23H. The first-order valence-corrected chi connectivity index (χ1v) is 48.3. The van der Waals surface area contributed by atoms with E-state index in [0.717, 1.165) is 161 Å². The summed E-state index contributed by atoms with van der Waals surface area (Å²) in [5.41, 5.74) is 36.1. The van der Waals surface area contributed by atoms with Crippen molar-refractivity contribution in [1.82, 2.24) is 48.2 Å². The zero-order valence-corrected chi connectivity index (χ0v) is 77.3. The van der Waals surface area contributed by atoms with E-state index >= 15 is 0 Å². The summed E-state index contributed by atoms with van der Waals surface area (Å²) in [6, 6.07) is 157. The Morgan fingerprint density at radius 3 is 0.958 bits per heavy atom. The Labute approximate surface area is 816 Å². The summed E-state index contributed by atoms with van der Waals surface area (Å²) in [6.07, 6.45) is 0. The molecule has 14 nitrogen and oxygen atoms in total. The average Bonchev–Trinajstić information content (AvgIpc) is 1.52. The highest BCUT2D eigenvalue weighted by molar-refractivity contribution is 6.30. The van der Waals surface area contributed by atoms with Crippen molar-refractivity contribution in [3.63, 3.8) is 0 Å². The Hall–Kier alpha value is -19.2. The fourth-order valence-electron chi connectivity index (χ4n) is 22.6. The average molecular weight is 1830 g/mol. The Kier molecular flexibility index (Phi) is 18.1. The van der Waals surface area contributed by atoms with E-state index in [9.17, 15) is 0 Å². The molecule has 0 radical (unpaired) electrons. The maximum Gasteiger partial charge on any atom is 0.180 e. The van der Waals surface area contributed by atoms with E-state index in [1.165, 1.54) is 92.9 Å². The van der Waals surface area contributed by atoms with Gasteiger partial charge >= 0.3 is 0 Å². The minimum absolute atomic E-state index is 0.0506. The molecule has 0 aliphatic heterocycles. The first-order chi connectivity index (χ1) is 70.7. The minimum atomic E-state index is -0.0506. The van der Waals surface area contributed by atoms with Crippen LogP contribution in [0.3, 0.4) is 0 Å². The lowest BCUT2D eigenvalue weighted by atomic mass is 9.82. The summed E-state index contributed by atoms with van der Waals surface area (Å²) in [5.74, 6) is 1.99. The Balaban J connectivity index is 0.000000102. The fourth-order valence-corrected chi connectivity index (χ4v) is 22.6. The molecule has 11 heterocycles. The van der Waals surface area contributed by atoms with Crippen LogP contribution in [0, 0.1) is 0 Å². The van der Waals surface area contributed by atoms with Gasteiger partial charge in [-0.1, -0.05) is 293 Å². The Morgan fingerprint density at radius 2 is 0.510 bits per heavy atom. The molecular formula is C129H80N10O4. The molecule has 0 unspecified atom stereocenters. The predicted octanol–water partition coefficient (Wildman–Crippen LogP) is 33.7. The van der Waals surface area contributed by atoms with E-state index in [1.807, 2.05) is 121 Å². The predicted molar refractivity (Wildman–Crippen MR) is 583 cm³/mol. The number of fused-ring (bicyclic) bond motifs is 30. The van der Waals surface area contributed by atoms with E-state index < -0.39 is 0 Å². The molecule has 0 atom stereocenters. The van der Waals surface area contributed by atoms with Crippen molar-refractivity contribution >= 4 is 175 Å². The van der Waals surface area contributed by atoms with Gasteiger partial charge < -0.3 is 35.9 Å². The third kappa shape index (κ3) is 12.6. The smallest absolute Gasteiger partial charge is 0.180 e. The quantitative estimate of drug-likeness (QED) is 0.129. The van der Waals surface area contributed by atoms with Crippen molar-refractivity contribution in [3.05, 3.63) is 460 Å². The van der Waals surface area contributed by atoms with Crippen molar-refractivity contribution in [1.29, 1.82) is 0 Å². The first-order valence-electron chi connectivity index (χ1n) is 48.3. The third-order valence-electron chi connectivity index (χ3n) is 29.0. The van der Waals surface area contributed by atoms with Crippen molar-refractivity contribution < 1.29 is 17.7 Å². The Bertz CT molecular complexity index is 10500. The van der Waals surface area contributed by atoms with Crippen LogP contribution in [-0.2, 0) is 5.41 Å². The van der Waals surface area contributed by atoms with E-state index in [-0.39, 0.29) is 5.41 Å². The molecule has 31 rings (SSSR count). The molecule has 0 spiro atoms. The second kappa shape index (κ2) is 32.0. The molecule has 0 bridgehead atoms. The monoisotopic (exact) mass is 1830 g/mol. The minimum Gasteiger partial charge on any atom is -0.456 e. The summed E-state index contributed by atoms with van der Waals surface area (Å²) in [7, 11) is 0. The number of hydrogen-bond donors (Lipinski definition) is 0.